The van der Waals surface area contributed by atoms with Gasteiger partial charge in [-0.1, -0.05) is 162 Å². The van der Waals surface area contributed by atoms with Crippen molar-refractivity contribution < 1.29 is 5.11 Å². The molecule has 1 aliphatic heterocycles. The molecule has 0 bridgehead atoms. The number of phenols is 1. The molecular weight excluding hydrogens is 807 g/mol. The maximum Gasteiger partial charge on any atom is 0.149 e. The van der Waals surface area contributed by atoms with Gasteiger partial charge in [0.1, 0.15) is 22.9 Å². The number of pyridine rings is 1. The van der Waals surface area contributed by atoms with Crippen molar-refractivity contribution >= 4 is 22.1 Å². The highest BCUT2D eigenvalue weighted by atomic mass is 16.3. The van der Waals surface area contributed by atoms with Crippen LogP contribution in [-0.2, 0) is 28.1 Å². The van der Waals surface area contributed by atoms with Crippen LogP contribution in [0.2, 0.25) is 0 Å². The van der Waals surface area contributed by atoms with Crippen molar-refractivity contribution in [2.45, 2.75) is 111 Å². The molecule has 0 saturated heterocycles. The molecule has 66 heavy (non-hydrogen) atoms. The van der Waals surface area contributed by atoms with Crippen LogP contribution in [0.3, 0.4) is 0 Å². The lowest BCUT2D eigenvalue weighted by Crippen LogP contribution is -2.17. The molecular formula is C60H61N5O. The van der Waals surface area contributed by atoms with E-state index in [1.165, 1.54) is 22.4 Å². The number of fused-ring (bicyclic) bond motifs is 6. The molecule has 1 N–H and O–H groups in total. The lowest BCUT2D eigenvalue weighted by atomic mass is 9.79. The van der Waals surface area contributed by atoms with Gasteiger partial charge in [-0.3, -0.25) is 14.1 Å². The van der Waals surface area contributed by atoms with E-state index in [1.54, 1.807) is 0 Å². The number of rotatable bonds is 5. The second-order valence-corrected chi connectivity index (χ2v) is 22.5. The zero-order chi connectivity index (χ0) is 46.7. The number of imidazole rings is 2. The van der Waals surface area contributed by atoms with E-state index in [0.29, 0.717) is 11.4 Å². The highest BCUT2D eigenvalue weighted by Crippen LogP contribution is 2.47. The summed E-state index contributed by atoms with van der Waals surface area (Å²) in [5.74, 6) is 1.99. The second-order valence-electron chi connectivity index (χ2n) is 22.5. The van der Waals surface area contributed by atoms with Crippen LogP contribution >= 0.6 is 0 Å². The van der Waals surface area contributed by atoms with E-state index in [-0.39, 0.29) is 27.4 Å². The van der Waals surface area contributed by atoms with Gasteiger partial charge in [0.2, 0.25) is 0 Å². The van der Waals surface area contributed by atoms with Crippen LogP contribution in [0.25, 0.3) is 78.3 Å². The first kappa shape index (κ1) is 43.1. The van der Waals surface area contributed by atoms with Gasteiger partial charge in [0.25, 0.3) is 0 Å². The lowest BCUT2D eigenvalue weighted by molar-refractivity contribution is 0.446. The average Bonchev–Trinajstić information content (AvgIpc) is 3.95. The predicted molar refractivity (Wildman–Crippen MR) is 275 cm³/mol. The summed E-state index contributed by atoms with van der Waals surface area (Å²) in [6, 6.07) is 45.9. The molecule has 0 saturated carbocycles. The Balaban J connectivity index is 1.28. The molecule has 9 aromatic rings. The number of nitrogens with zero attached hydrogens (tertiary/aromatic N) is 5. The van der Waals surface area contributed by atoms with Crippen molar-refractivity contribution in [3.63, 3.8) is 0 Å². The number of hydrogen-bond donors (Lipinski definition) is 1. The average molecular weight is 868 g/mol. The monoisotopic (exact) mass is 867 g/mol. The summed E-state index contributed by atoms with van der Waals surface area (Å²) in [5.41, 5.74) is 17.8. The number of aromatic nitrogens is 5. The van der Waals surface area contributed by atoms with Crippen LogP contribution in [0.15, 0.2) is 134 Å². The van der Waals surface area contributed by atoms with Gasteiger partial charge in [0, 0.05) is 34.9 Å². The van der Waals surface area contributed by atoms with Gasteiger partial charge in [-0.05, 0) is 104 Å². The Labute approximate surface area is 390 Å². The summed E-state index contributed by atoms with van der Waals surface area (Å²) in [5, 5.41) is 12.6. The number of hydrogen-bond acceptors (Lipinski definition) is 4. The van der Waals surface area contributed by atoms with Crippen molar-refractivity contribution in [1.29, 1.82) is 0 Å². The third-order valence-electron chi connectivity index (χ3n) is 13.5. The highest BCUT2D eigenvalue weighted by Gasteiger charge is 2.31. The minimum absolute atomic E-state index is 0.0773. The van der Waals surface area contributed by atoms with E-state index >= 15 is 0 Å². The molecule has 1 aliphatic rings. The fraction of sp³-hybridized carbons (Fsp3) is 0.283. The Kier molecular flexibility index (Phi) is 9.89. The summed E-state index contributed by atoms with van der Waals surface area (Å²) in [4.78, 5) is 16.1. The number of aromatic hydroxyl groups is 1. The van der Waals surface area contributed by atoms with E-state index in [9.17, 15) is 5.11 Å². The predicted octanol–water partition coefficient (Wildman–Crippen LogP) is 15.2. The first-order valence-corrected chi connectivity index (χ1v) is 23.4. The molecule has 0 spiro atoms. The Bertz CT molecular complexity index is 3380. The number of phenolic OH excluding ortho intramolecular Hbond substituents is 1. The van der Waals surface area contributed by atoms with Crippen LogP contribution in [0, 0.1) is 0 Å². The molecule has 6 heteroatoms. The molecule has 0 atom stereocenters. The summed E-state index contributed by atoms with van der Waals surface area (Å²) in [7, 11) is 0. The van der Waals surface area contributed by atoms with Gasteiger partial charge in [0.15, 0.2) is 0 Å². The summed E-state index contributed by atoms with van der Waals surface area (Å²) >= 11 is 0. The van der Waals surface area contributed by atoms with Crippen LogP contribution in [-0.4, -0.2) is 29.2 Å². The largest absolute Gasteiger partial charge is 0.507 e. The highest BCUT2D eigenvalue weighted by molar-refractivity contribution is 5.99. The number of para-hydroxylation sites is 2. The van der Waals surface area contributed by atoms with Gasteiger partial charge < -0.3 is 5.11 Å². The Hall–Kier alpha value is -6.79. The van der Waals surface area contributed by atoms with Crippen molar-refractivity contribution in [3.8, 4) is 62.0 Å². The van der Waals surface area contributed by atoms with Gasteiger partial charge in [-0.2, -0.15) is 0 Å². The Morgan fingerprint density at radius 2 is 1.12 bits per heavy atom. The van der Waals surface area contributed by atoms with Crippen molar-refractivity contribution in [3.05, 3.63) is 167 Å². The van der Waals surface area contributed by atoms with Crippen molar-refractivity contribution in [1.82, 2.24) is 24.1 Å². The molecule has 0 unspecified atom stereocenters. The van der Waals surface area contributed by atoms with Crippen molar-refractivity contribution in [2.75, 3.05) is 0 Å². The standard InChI is InChI=1S/C60H61N5O/c1-57(2,3)40-25-26-48(44(33-40)36-19-14-13-15-20-36)65-49-24-18-22-43(53(49)63-56(65)45-34-42(59(7,8)9)35-46(55(45)66)60(10,11)12)38-29-39(31-41(30-38)58(4,5)6)52-54-50(27-28-61-52)64-47-23-17-16-21-37(47)32-51(64)62-54/h13-31,33-35,66H,32H2,1-12H3. The van der Waals surface area contributed by atoms with Crippen LogP contribution in [0.1, 0.15) is 117 Å². The van der Waals surface area contributed by atoms with E-state index in [0.717, 1.165) is 84.6 Å². The molecule has 10 rings (SSSR count). The fourth-order valence-corrected chi connectivity index (χ4v) is 9.67. The molecule has 0 radical (unpaired) electrons. The molecule has 0 aliphatic carbocycles. The molecule has 6 nitrogen and oxygen atoms in total. The molecule has 332 valence electrons. The van der Waals surface area contributed by atoms with Crippen LogP contribution < -0.4 is 0 Å². The summed E-state index contributed by atoms with van der Waals surface area (Å²) in [6.07, 6.45) is 2.71. The Morgan fingerprint density at radius 3 is 1.83 bits per heavy atom. The topological polar surface area (TPSA) is 68.8 Å². The molecule has 6 aromatic carbocycles. The van der Waals surface area contributed by atoms with E-state index in [2.05, 4.69) is 220 Å². The minimum atomic E-state index is -0.328. The van der Waals surface area contributed by atoms with Gasteiger partial charge >= 0.3 is 0 Å². The first-order valence-electron chi connectivity index (χ1n) is 23.4. The summed E-state index contributed by atoms with van der Waals surface area (Å²) < 4.78 is 4.59. The number of benzene rings is 6. The lowest BCUT2D eigenvalue weighted by Gasteiger charge is -2.28. The van der Waals surface area contributed by atoms with E-state index in [4.69, 9.17) is 15.0 Å². The third kappa shape index (κ3) is 7.31. The molecule has 0 amide bonds. The van der Waals surface area contributed by atoms with Gasteiger partial charge in [-0.25, -0.2) is 9.97 Å². The van der Waals surface area contributed by atoms with Crippen LogP contribution in [0.4, 0.5) is 0 Å². The first-order chi connectivity index (χ1) is 31.2. The maximum absolute atomic E-state index is 12.6. The van der Waals surface area contributed by atoms with Gasteiger partial charge in [0.05, 0.1) is 39.2 Å². The van der Waals surface area contributed by atoms with E-state index in [1.807, 2.05) is 6.20 Å². The zero-order valence-corrected chi connectivity index (χ0v) is 40.6. The van der Waals surface area contributed by atoms with Crippen LogP contribution in [0.5, 0.6) is 5.75 Å². The maximum atomic E-state index is 12.6. The third-order valence-corrected chi connectivity index (χ3v) is 13.5. The van der Waals surface area contributed by atoms with Gasteiger partial charge in [-0.15, -0.1) is 0 Å². The smallest absolute Gasteiger partial charge is 0.149 e. The second kappa shape index (κ2) is 15.1. The molecule has 0 fully saturated rings. The Morgan fingerprint density at radius 1 is 0.470 bits per heavy atom. The summed E-state index contributed by atoms with van der Waals surface area (Å²) in [6.45, 7) is 26.8. The SMILES string of the molecule is CC(C)(C)c1cc(-c2cccc3c2nc(-c2cc(C(C)(C)C)cc(C(C)(C)C)c2O)n3-c2ccc(C(C)(C)C)cc2-c2ccccc2)cc(-c2nccc3c2nc2n3-c3ccccc3C2)c1. The van der Waals surface area contributed by atoms with E-state index < -0.39 is 0 Å². The van der Waals surface area contributed by atoms with Crippen molar-refractivity contribution in [2.24, 2.45) is 0 Å². The normalized spacial score (nSPS) is 13.2. The molecule has 4 heterocycles. The zero-order valence-electron chi connectivity index (χ0n) is 40.6. The quantitative estimate of drug-likeness (QED) is 0.187. The minimum Gasteiger partial charge on any atom is -0.507 e. The molecule has 3 aromatic heterocycles. The fourth-order valence-electron chi connectivity index (χ4n) is 9.67.